The van der Waals surface area contributed by atoms with Gasteiger partial charge in [-0.05, 0) is 37.8 Å². The quantitative estimate of drug-likeness (QED) is 0.896. The summed E-state index contributed by atoms with van der Waals surface area (Å²) in [5.41, 5.74) is 0.176. The van der Waals surface area contributed by atoms with Gasteiger partial charge in [0, 0.05) is 17.5 Å². The highest BCUT2D eigenvalue weighted by Crippen LogP contribution is 2.33. The van der Waals surface area contributed by atoms with Crippen LogP contribution in [0.1, 0.15) is 31.5 Å². The van der Waals surface area contributed by atoms with Gasteiger partial charge in [-0.15, -0.1) is 0 Å². The molecule has 0 spiro atoms. The molecule has 0 bridgehead atoms. The summed E-state index contributed by atoms with van der Waals surface area (Å²) in [5.74, 6) is -0.584. The average molecular weight is 341 g/mol. The second kappa shape index (κ2) is 6.43. The van der Waals surface area contributed by atoms with Gasteiger partial charge in [-0.1, -0.05) is 0 Å². The molecule has 1 aromatic carbocycles. The molecule has 3 rings (SSSR count). The molecule has 1 fully saturated rings. The number of aliphatic hydroxyl groups excluding tert-OH is 1. The van der Waals surface area contributed by atoms with Crippen molar-refractivity contribution in [2.75, 3.05) is 12.4 Å². The summed E-state index contributed by atoms with van der Waals surface area (Å²) in [7, 11) is 1.44. The number of anilines is 1. The number of methoxy groups -OCH3 is 1. The molecule has 0 aliphatic heterocycles. The summed E-state index contributed by atoms with van der Waals surface area (Å²) in [6.07, 6.45) is -2.34. The third kappa shape index (κ3) is 3.53. The van der Waals surface area contributed by atoms with E-state index >= 15 is 0 Å². The molecule has 5 nitrogen and oxygen atoms in total. The van der Waals surface area contributed by atoms with Crippen LogP contribution in [0.5, 0.6) is 5.75 Å². The van der Waals surface area contributed by atoms with Crippen LogP contribution >= 0.6 is 0 Å². The van der Waals surface area contributed by atoms with Gasteiger partial charge in [0.2, 0.25) is 5.82 Å². The zero-order chi connectivity index (χ0) is 17.3. The smallest absolute Gasteiger partial charge is 0.451 e. The fourth-order valence-electron chi connectivity index (χ4n) is 2.89. The molecule has 1 heterocycles. The monoisotopic (exact) mass is 341 g/mol. The van der Waals surface area contributed by atoms with Crippen molar-refractivity contribution in [2.45, 2.75) is 44.0 Å². The number of rotatable bonds is 3. The van der Waals surface area contributed by atoms with Gasteiger partial charge in [-0.3, -0.25) is 0 Å². The third-order valence-electron chi connectivity index (χ3n) is 4.20. The third-order valence-corrected chi connectivity index (χ3v) is 4.20. The maximum absolute atomic E-state index is 13.1. The first-order valence-corrected chi connectivity index (χ1v) is 7.74. The van der Waals surface area contributed by atoms with Crippen LogP contribution in [0.4, 0.5) is 19.0 Å². The predicted molar refractivity (Wildman–Crippen MR) is 83.0 cm³/mol. The van der Waals surface area contributed by atoms with Crippen LogP contribution in [0.3, 0.4) is 0 Å². The molecule has 8 heteroatoms. The SMILES string of the molecule is COc1ccc2c(NC3CCC(O)CC3)nc(C(F)(F)F)nc2c1. The topological polar surface area (TPSA) is 67.3 Å². The number of fused-ring (bicyclic) bond motifs is 1. The van der Waals surface area contributed by atoms with Gasteiger partial charge in [0.25, 0.3) is 0 Å². The first-order valence-electron chi connectivity index (χ1n) is 7.74. The first kappa shape index (κ1) is 16.8. The van der Waals surface area contributed by atoms with Crippen LogP contribution in [-0.4, -0.2) is 34.3 Å². The summed E-state index contributed by atoms with van der Waals surface area (Å²) in [6, 6.07) is 4.75. The van der Waals surface area contributed by atoms with E-state index in [4.69, 9.17) is 4.74 Å². The van der Waals surface area contributed by atoms with Gasteiger partial charge in [-0.25, -0.2) is 9.97 Å². The number of ether oxygens (including phenoxy) is 1. The summed E-state index contributed by atoms with van der Waals surface area (Å²) in [5, 5.41) is 13.2. The van der Waals surface area contributed by atoms with Gasteiger partial charge < -0.3 is 15.2 Å². The van der Waals surface area contributed by atoms with E-state index in [1.165, 1.54) is 13.2 Å². The second-order valence-corrected chi connectivity index (χ2v) is 5.93. The van der Waals surface area contributed by atoms with Gasteiger partial charge in [0.15, 0.2) is 0 Å². The van der Waals surface area contributed by atoms with Crippen molar-refractivity contribution in [3.8, 4) is 5.75 Å². The van der Waals surface area contributed by atoms with Crippen LogP contribution in [0.15, 0.2) is 18.2 Å². The molecule has 2 aromatic rings. The van der Waals surface area contributed by atoms with Crippen LogP contribution in [0, 0.1) is 0 Å². The number of halogens is 3. The van der Waals surface area contributed by atoms with Crippen molar-refractivity contribution in [2.24, 2.45) is 0 Å². The number of hydrogen-bond acceptors (Lipinski definition) is 5. The van der Waals surface area contributed by atoms with Crippen LogP contribution < -0.4 is 10.1 Å². The molecule has 0 amide bonds. The second-order valence-electron chi connectivity index (χ2n) is 5.93. The Balaban J connectivity index is 2.00. The van der Waals surface area contributed by atoms with Crippen molar-refractivity contribution in [1.82, 2.24) is 9.97 Å². The van der Waals surface area contributed by atoms with E-state index < -0.39 is 12.0 Å². The fourth-order valence-corrected chi connectivity index (χ4v) is 2.89. The summed E-state index contributed by atoms with van der Waals surface area (Å²) >= 11 is 0. The predicted octanol–water partition coefficient (Wildman–Crippen LogP) is 3.37. The number of aromatic nitrogens is 2. The van der Waals surface area contributed by atoms with Crippen molar-refractivity contribution in [3.05, 3.63) is 24.0 Å². The first-order chi connectivity index (χ1) is 11.4. The molecule has 2 N–H and O–H groups in total. The summed E-state index contributed by atoms with van der Waals surface area (Å²) in [6.45, 7) is 0. The highest BCUT2D eigenvalue weighted by molar-refractivity contribution is 5.90. The lowest BCUT2D eigenvalue weighted by atomic mass is 9.93. The summed E-state index contributed by atoms with van der Waals surface area (Å²) < 4.78 is 44.3. The molecule has 1 aliphatic carbocycles. The Morgan fingerprint density at radius 2 is 1.88 bits per heavy atom. The standard InChI is InChI=1S/C16H18F3N3O2/c1-24-11-6-7-12-13(8-11)21-15(16(17,18)19)22-14(12)20-9-2-4-10(23)5-3-9/h6-10,23H,2-5H2,1H3,(H,20,21,22). The Morgan fingerprint density at radius 3 is 2.50 bits per heavy atom. The van der Waals surface area contributed by atoms with Crippen molar-refractivity contribution >= 4 is 16.7 Å². The van der Waals surface area contributed by atoms with E-state index in [0.29, 0.717) is 36.8 Å². The van der Waals surface area contributed by atoms with E-state index in [9.17, 15) is 18.3 Å². The lowest BCUT2D eigenvalue weighted by molar-refractivity contribution is -0.144. The fraction of sp³-hybridized carbons (Fsp3) is 0.500. The number of nitrogens with zero attached hydrogens (tertiary/aromatic N) is 2. The zero-order valence-electron chi connectivity index (χ0n) is 13.1. The molecule has 0 atom stereocenters. The molecular weight excluding hydrogens is 323 g/mol. The highest BCUT2D eigenvalue weighted by atomic mass is 19.4. The Labute approximate surface area is 136 Å². The molecular formula is C16H18F3N3O2. The van der Waals surface area contributed by atoms with Crippen molar-refractivity contribution in [3.63, 3.8) is 0 Å². The van der Waals surface area contributed by atoms with Gasteiger partial charge in [0.05, 0.1) is 18.7 Å². The van der Waals surface area contributed by atoms with Gasteiger partial charge >= 0.3 is 6.18 Å². The molecule has 1 aromatic heterocycles. The minimum atomic E-state index is -4.63. The molecule has 0 radical (unpaired) electrons. The molecule has 130 valence electrons. The zero-order valence-corrected chi connectivity index (χ0v) is 13.1. The largest absolute Gasteiger partial charge is 0.497 e. The average Bonchev–Trinajstić information content (AvgIpc) is 2.55. The number of alkyl halides is 3. The maximum atomic E-state index is 13.1. The number of benzene rings is 1. The number of hydrogen-bond donors (Lipinski definition) is 2. The summed E-state index contributed by atoms with van der Waals surface area (Å²) in [4.78, 5) is 7.32. The Morgan fingerprint density at radius 1 is 1.17 bits per heavy atom. The minimum absolute atomic E-state index is 0.0188. The molecule has 0 unspecified atom stereocenters. The molecule has 24 heavy (non-hydrogen) atoms. The molecule has 1 saturated carbocycles. The highest BCUT2D eigenvalue weighted by Gasteiger charge is 2.36. The van der Waals surface area contributed by atoms with Crippen LogP contribution in [0.25, 0.3) is 10.9 Å². The van der Waals surface area contributed by atoms with Crippen molar-refractivity contribution < 1.29 is 23.0 Å². The molecule has 0 saturated heterocycles. The van der Waals surface area contributed by atoms with Gasteiger partial charge in [-0.2, -0.15) is 13.2 Å². The lowest BCUT2D eigenvalue weighted by Crippen LogP contribution is -2.29. The minimum Gasteiger partial charge on any atom is -0.497 e. The normalized spacial score (nSPS) is 21.7. The Bertz CT molecular complexity index is 728. The number of nitrogens with one attached hydrogen (secondary N) is 1. The van der Waals surface area contributed by atoms with Crippen LogP contribution in [0.2, 0.25) is 0 Å². The van der Waals surface area contributed by atoms with Crippen LogP contribution in [-0.2, 0) is 6.18 Å². The van der Waals surface area contributed by atoms with E-state index in [-0.39, 0.29) is 23.5 Å². The Kier molecular flexibility index (Phi) is 4.49. The van der Waals surface area contributed by atoms with E-state index in [1.54, 1.807) is 12.1 Å². The Hall–Kier alpha value is -2.09. The van der Waals surface area contributed by atoms with E-state index in [2.05, 4.69) is 15.3 Å². The van der Waals surface area contributed by atoms with Crippen molar-refractivity contribution in [1.29, 1.82) is 0 Å². The van der Waals surface area contributed by atoms with Gasteiger partial charge in [0.1, 0.15) is 11.6 Å². The number of aliphatic hydroxyl groups is 1. The molecule has 1 aliphatic rings. The lowest BCUT2D eigenvalue weighted by Gasteiger charge is -2.27. The van der Waals surface area contributed by atoms with E-state index in [1.807, 2.05) is 0 Å². The maximum Gasteiger partial charge on any atom is 0.451 e. The van der Waals surface area contributed by atoms with E-state index in [0.717, 1.165) is 0 Å².